The molecule has 2 N–H and O–H groups in total. The van der Waals surface area contributed by atoms with Gasteiger partial charge in [0.15, 0.2) is 0 Å². The second-order valence-electron chi connectivity index (χ2n) is 9.41. The number of rotatable bonds is 5. The van der Waals surface area contributed by atoms with Crippen molar-refractivity contribution in [1.82, 2.24) is 20.5 Å². The number of nitrogens with one attached hydrogen (secondary N) is 2. The van der Waals surface area contributed by atoms with Gasteiger partial charge in [0.2, 0.25) is 11.8 Å². The second kappa shape index (κ2) is 9.69. The van der Waals surface area contributed by atoms with Crippen LogP contribution < -0.4 is 10.6 Å². The van der Waals surface area contributed by atoms with E-state index in [0.717, 1.165) is 28.8 Å². The average Bonchev–Trinajstić information content (AvgIpc) is 3.19. The largest absolute Gasteiger partial charge is 0.442 e. The van der Waals surface area contributed by atoms with Crippen LogP contribution in [-0.2, 0) is 38.6 Å². The molecule has 3 unspecified atom stereocenters. The van der Waals surface area contributed by atoms with Crippen molar-refractivity contribution in [3.8, 4) is 0 Å². The van der Waals surface area contributed by atoms with Gasteiger partial charge in [0, 0.05) is 24.7 Å². The number of pyridine rings is 1. The van der Waals surface area contributed by atoms with Crippen LogP contribution in [-0.4, -0.2) is 46.3 Å². The fourth-order valence-corrected chi connectivity index (χ4v) is 4.84. The zero-order valence-electron chi connectivity index (χ0n) is 20.2. The monoisotopic (exact) mass is 492 g/mol. The molecule has 0 saturated carbocycles. The summed E-state index contributed by atoms with van der Waals surface area (Å²) in [5.41, 5.74) is 4.89. The molecule has 5 rings (SSSR count). The van der Waals surface area contributed by atoms with Gasteiger partial charge in [-0.25, -0.2) is 4.79 Å². The van der Waals surface area contributed by atoms with Gasteiger partial charge in [0.05, 0.1) is 24.9 Å². The summed E-state index contributed by atoms with van der Waals surface area (Å²) in [6.45, 7) is 5.07. The molecular weight excluding hydrogens is 464 g/mol. The highest BCUT2D eigenvalue weighted by molar-refractivity contribution is 6.05. The molecule has 2 aromatic rings. The number of fused-ring (bicyclic) bond motifs is 2. The van der Waals surface area contributed by atoms with Crippen LogP contribution in [0.15, 0.2) is 30.5 Å². The molecule has 10 heteroatoms. The minimum absolute atomic E-state index is 0.204. The van der Waals surface area contributed by atoms with E-state index in [2.05, 4.69) is 15.6 Å². The zero-order chi connectivity index (χ0) is 25.4. The van der Waals surface area contributed by atoms with E-state index in [-0.39, 0.29) is 24.3 Å². The van der Waals surface area contributed by atoms with Crippen molar-refractivity contribution >= 4 is 23.8 Å². The summed E-state index contributed by atoms with van der Waals surface area (Å²) in [4.78, 5) is 55.3. The molecule has 3 aliphatic rings. The Bertz CT molecular complexity index is 1240. The van der Waals surface area contributed by atoms with Crippen LogP contribution >= 0.6 is 0 Å². The summed E-state index contributed by atoms with van der Waals surface area (Å²) in [6.07, 6.45) is 1.87. The molecule has 1 fully saturated rings. The third-order valence-electron chi connectivity index (χ3n) is 6.98. The molecule has 36 heavy (non-hydrogen) atoms. The van der Waals surface area contributed by atoms with Crippen molar-refractivity contribution < 1.29 is 28.7 Å². The second-order valence-corrected chi connectivity index (χ2v) is 9.41. The number of amides is 4. The van der Waals surface area contributed by atoms with Crippen molar-refractivity contribution in [1.29, 1.82) is 0 Å². The molecule has 0 radical (unpaired) electrons. The van der Waals surface area contributed by atoms with Crippen LogP contribution in [0.5, 0.6) is 0 Å². The Balaban J connectivity index is 1.21. The van der Waals surface area contributed by atoms with Gasteiger partial charge in [0.25, 0.3) is 5.91 Å². The van der Waals surface area contributed by atoms with E-state index < -0.39 is 24.1 Å². The third kappa shape index (κ3) is 4.68. The number of hydrogen-bond acceptors (Lipinski definition) is 7. The lowest BCUT2D eigenvalue weighted by molar-refractivity contribution is -0.136. The Kier molecular flexibility index (Phi) is 6.44. The van der Waals surface area contributed by atoms with E-state index in [4.69, 9.17) is 9.47 Å². The Hall–Kier alpha value is -3.79. The molecule has 3 aliphatic heterocycles. The van der Waals surface area contributed by atoms with E-state index in [0.29, 0.717) is 37.3 Å². The highest BCUT2D eigenvalue weighted by atomic mass is 16.6. The number of imide groups is 1. The molecule has 4 amide bonds. The lowest BCUT2D eigenvalue weighted by Gasteiger charge is -2.29. The van der Waals surface area contributed by atoms with Gasteiger partial charge in [-0.1, -0.05) is 18.2 Å². The molecule has 1 aromatic carbocycles. The van der Waals surface area contributed by atoms with Crippen LogP contribution in [0, 0.1) is 0 Å². The smallest absolute Gasteiger partial charge is 0.408 e. The molecule has 1 saturated heterocycles. The van der Waals surface area contributed by atoms with E-state index in [9.17, 15) is 19.2 Å². The molecule has 0 bridgehead atoms. The molecule has 10 nitrogen and oxygen atoms in total. The average molecular weight is 493 g/mol. The lowest BCUT2D eigenvalue weighted by Crippen LogP contribution is -2.52. The standard InChI is InChI=1S/C26H28N4O6/c1-14(19-9-17-7-8-35-13-21(17)27-11-19)28-26(34)36-15(2)16-3-4-18-12-30(25(33)20(18)10-16)22-5-6-23(31)29-24(22)32/h3-4,9-11,14-15,22H,5-8,12-13H2,1-2H3,(H,28,34)(H,29,31,32). The highest BCUT2D eigenvalue weighted by Gasteiger charge is 2.39. The summed E-state index contributed by atoms with van der Waals surface area (Å²) in [5, 5.41) is 5.14. The van der Waals surface area contributed by atoms with Crippen LogP contribution in [0.3, 0.4) is 0 Å². The predicted molar refractivity (Wildman–Crippen MR) is 127 cm³/mol. The maximum absolute atomic E-state index is 13.1. The fraction of sp³-hybridized carbons (Fsp3) is 0.423. The first-order valence-corrected chi connectivity index (χ1v) is 12.1. The highest BCUT2D eigenvalue weighted by Crippen LogP contribution is 2.30. The van der Waals surface area contributed by atoms with E-state index in [1.807, 2.05) is 25.1 Å². The minimum Gasteiger partial charge on any atom is -0.442 e. The summed E-state index contributed by atoms with van der Waals surface area (Å²) in [5.74, 6) is -1.03. The first kappa shape index (κ1) is 23.9. The van der Waals surface area contributed by atoms with Crippen LogP contribution in [0.25, 0.3) is 0 Å². The van der Waals surface area contributed by atoms with Gasteiger partial charge < -0.3 is 19.7 Å². The van der Waals surface area contributed by atoms with Crippen LogP contribution in [0.2, 0.25) is 0 Å². The van der Waals surface area contributed by atoms with Gasteiger partial charge in [0.1, 0.15) is 12.1 Å². The molecule has 3 atom stereocenters. The van der Waals surface area contributed by atoms with Crippen molar-refractivity contribution in [3.63, 3.8) is 0 Å². The SMILES string of the molecule is CC(NC(=O)OC(C)c1ccc2c(c1)C(=O)N(C1CCC(=O)NC1=O)C2)c1cnc2c(c1)CCOC2. The molecule has 0 aliphatic carbocycles. The first-order chi connectivity index (χ1) is 17.3. The Morgan fingerprint density at radius 2 is 2.00 bits per heavy atom. The summed E-state index contributed by atoms with van der Waals surface area (Å²) >= 11 is 0. The van der Waals surface area contributed by atoms with Gasteiger partial charge in [-0.3, -0.25) is 24.7 Å². The minimum atomic E-state index is -0.669. The lowest BCUT2D eigenvalue weighted by atomic mass is 10.0. The number of alkyl carbamates (subject to hydrolysis) is 1. The molecule has 188 valence electrons. The first-order valence-electron chi connectivity index (χ1n) is 12.1. The topological polar surface area (TPSA) is 127 Å². The van der Waals surface area contributed by atoms with Crippen LogP contribution in [0.1, 0.15) is 77.1 Å². The van der Waals surface area contributed by atoms with Crippen molar-refractivity contribution in [3.05, 3.63) is 64.0 Å². The van der Waals surface area contributed by atoms with Crippen molar-refractivity contribution in [2.45, 2.75) is 64.4 Å². The van der Waals surface area contributed by atoms with Gasteiger partial charge in [-0.05, 0) is 55.0 Å². The van der Waals surface area contributed by atoms with Crippen molar-refractivity contribution in [2.75, 3.05) is 6.61 Å². The number of carbonyl (C=O) groups is 4. The Labute approximate surface area is 208 Å². The van der Waals surface area contributed by atoms with E-state index in [1.54, 1.807) is 19.2 Å². The number of ether oxygens (including phenoxy) is 2. The molecule has 0 spiro atoms. The molecule has 1 aromatic heterocycles. The number of carbonyl (C=O) groups excluding carboxylic acids is 4. The quantitative estimate of drug-likeness (QED) is 0.614. The van der Waals surface area contributed by atoms with E-state index >= 15 is 0 Å². The fourth-order valence-electron chi connectivity index (χ4n) is 4.84. The summed E-state index contributed by atoms with van der Waals surface area (Å²) in [6, 6.07) is 6.42. The van der Waals surface area contributed by atoms with Gasteiger partial charge >= 0.3 is 6.09 Å². The number of aromatic nitrogens is 1. The summed E-state index contributed by atoms with van der Waals surface area (Å²) < 4.78 is 11.0. The van der Waals surface area contributed by atoms with Crippen molar-refractivity contribution in [2.24, 2.45) is 0 Å². The Morgan fingerprint density at radius 3 is 2.81 bits per heavy atom. The molecular formula is C26H28N4O6. The third-order valence-corrected chi connectivity index (χ3v) is 6.98. The number of benzene rings is 1. The molecule has 4 heterocycles. The van der Waals surface area contributed by atoms with Gasteiger partial charge in [-0.2, -0.15) is 0 Å². The Morgan fingerprint density at radius 1 is 1.17 bits per heavy atom. The van der Waals surface area contributed by atoms with E-state index in [1.165, 1.54) is 4.90 Å². The maximum Gasteiger partial charge on any atom is 0.408 e. The summed E-state index contributed by atoms with van der Waals surface area (Å²) in [7, 11) is 0. The zero-order valence-corrected chi connectivity index (χ0v) is 20.2. The van der Waals surface area contributed by atoms with Crippen LogP contribution in [0.4, 0.5) is 4.79 Å². The number of hydrogen-bond donors (Lipinski definition) is 2. The predicted octanol–water partition coefficient (Wildman–Crippen LogP) is 2.46. The van der Waals surface area contributed by atoms with Gasteiger partial charge in [-0.15, -0.1) is 0 Å². The number of piperidine rings is 1. The normalized spacial score (nSPS) is 20.8. The maximum atomic E-state index is 13.1. The number of nitrogens with zero attached hydrogens (tertiary/aromatic N) is 2.